The Morgan fingerprint density at radius 2 is 2.50 bits per heavy atom. The second-order valence-corrected chi connectivity index (χ2v) is 2.43. The lowest BCUT2D eigenvalue weighted by molar-refractivity contribution is -0.107. The van der Waals surface area contributed by atoms with E-state index in [0.717, 1.165) is 17.5 Å². The highest BCUT2D eigenvalue weighted by molar-refractivity contribution is 5.61. The zero-order valence-electron chi connectivity index (χ0n) is 6.34. The van der Waals surface area contributed by atoms with E-state index in [1.807, 2.05) is 0 Å². The molecule has 2 heterocycles. The van der Waals surface area contributed by atoms with Crippen LogP contribution in [0.25, 0.3) is 5.65 Å². The number of aromatic nitrogens is 3. The summed E-state index contributed by atoms with van der Waals surface area (Å²) in [4.78, 5) is 14.4. The summed E-state index contributed by atoms with van der Waals surface area (Å²) in [5.41, 5.74) is 1.62. The standard InChI is InChI=1S/C8H7N3O/c12-5-2-7-6-10-11-4-1-3-9-8(7)11/h1,3-6H,2H2. The van der Waals surface area contributed by atoms with Crippen LogP contribution in [-0.2, 0) is 11.2 Å². The van der Waals surface area contributed by atoms with Crippen LogP contribution in [0.3, 0.4) is 0 Å². The van der Waals surface area contributed by atoms with Crippen LogP contribution in [0.1, 0.15) is 5.56 Å². The first-order valence-corrected chi connectivity index (χ1v) is 3.62. The normalized spacial score (nSPS) is 10.3. The van der Waals surface area contributed by atoms with Crippen molar-refractivity contribution < 1.29 is 4.79 Å². The van der Waals surface area contributed by atoms with Crippen LogP contribution in [0.15, 0.2) is 24.7 Å². The number of hydrogen-bond donors (Lipinski definition) is 0. The minimum atomic E-state index is 0.376. The summed E-state index contributed by atoms with van der Waals surface area (Å²) in [6.45, 7) is 0. The predicted octanol–water partition coefficient (Wildman–Crippen LogP) is 0.471. The van der Waals surface area contributed by atoms with Gasteiger partial charge in [0.15, 0.2) is 5.65 Å². The Kier molecular flexibility index (Phi) is 1.59. The Bertz CT molecular complexity index is 407. The monoisotopic (exact) mass is 161 g/mol. The number of nitrogens with zero attached hydrogens (tertiary/aromatic N) is 3. The van der Waals surface area contributed by atoms with E-state index in [1.165, 1.54) is 0 Å². The SMILES string of the molecule is O=CCc1cnn2cccnc12. The molecule has 0 fully saturated rings. The van der Waals surface area contributed by atoms with Crippen LogP contribution >= 0.6 is 0 Å². The van der Waals surface area contributed by atoms with Gasteiger partial charge >= 0.3 is 0 Å². The molecule has 60 valence electrons. The highest BCUT2D eigenvalue weighted by Crippen LogP contribution is 2.05. The third-order valence-electron chi connectivity index (χ3n) is 1.66. The molecule has 4 heteroatoms. The number of aldehydes is 1. The van der Waals surface area contributed by atoms with Crippen LogP contribution in [0.2, 0.25) is 0 Å². The number of carbonyl (C=O) groups excluding carboxylic acids is 1. The first-order chi connectivity index (χ1) is 5.92. The quantitative estimate of drug-likeness (QED) is 0.601. The lowest BCUT2D eigenvalue weighted by atomic mass is 10.3. The van der Waals surface area contributed by atoms with Crippen LogP contribution in [0, 0.1) is 0 Å². The topological polar surface area (TPSA) is 47.3 Å². The zero-order chi connectivity index (χ0) is 8.39. The largest absolute Gasteiger partial charge is 0.303 e. The van der Waals surface area contributed by atoms with Gasteiger partial charge in [0.2, 0.25) is 0 Å². The van der Waals surface area contributed by atoms with Crippen LogP contribution in [0.5, 0.6) is 0 Å². The molecule has 2 rings (SSSR count). The minimum Gasteiger partial charge on any atom is -0.303 e. The molecule has 0 aliphatic heterocycles. The maximum atomic E-state index is 10.3. The molecule has 12 heavy (non-hydrogen) atoms. The fourth-order valence-electron chi connectivity index (χ4n) is 1.11. The third kappa shape index (κ3) is 0.972. The number of hydrogen-bond acceptors (Lipinski definition) is 3. The molecule has 0 aliphatic carbocycles. The second-order valence-electron chi connectivity index (χ2n) is 2.43. The smallest absolute Gasteiger partial charge is 0.158 e. The van der Waals surface area contributed by atoms with E-state index in [4.69, 9.17) is 0 Å². The van der Waals surface area contributed by atoms with Crippen molar-refractivity contribution in [2.45, 2.75) is 6.42 Å². The molecule has 0 aliphatic rings. The molecule has 0 spiro atoms. The van der Waals surface area contributed by atoms with Crippen molar-refractivity contribution in [2.75, 3.05) is 0 Å². The summed E-state index contributed by atoms with van der Waals surface area (Å²) in [5.74, 6) is 0. The lowest BCUT2D eigenvalue weighted by Crippen LogP contribution is -1.90. The second kappa shape index (κ2) is 2.73. The maximum Gasteiger partial charge on any atom is 0.158 e. The van der Waals surface area contributed by atoms with E-state index < -0.39 is 0 Å². The Hall–Kier alpha value is -1.71. The van der Waals surface area contributed by atoms with E-state index >= 15 is 0 Å². The van der Waals surface area contributed by atoms with Gasteiger partial charge < -0.3 is 4.79 Å². The summed E-state index contributed by atoms with van der Waals surface area (Å²) < 4.78 is 1.65. The molecule has 2 aromatic rings. The van der Waals surface area contributed by atoms with E-state index in [0.29, 0.717) is 6.42 Å². The fourth-order valence-corrected chi connectivity index (χ4v) is 1.11. The Morgan fingerprint density at radius 3 is 3.33 bits per heavy atom. The molecule has 0 saturated carbocycles. The fraction of sp³-hybridized carbons (Fsp3) is 0.125. The summed E-state index contributed by atoms with van der Waals surface area (Å²) >= 11 is 0. The number of fused-ring (bicyclic) bond motifs is 1. The van der Waals surface area contributed by atoms with Crippen molar-refractivity contribution in [1.82, 2.24) is 14.6 Å². The predicted molar refractivity (Wildman–Crippen MR) is 42.8 cm³/mol. The van der Waals surface area contributed by atoms with Gasteiger partial charge in [-0.25, -0.2) is 9.50 Å². The molecule has 0 radical (unpaired) electrons. The molecule has 0 saturated heterocycles. The third-order valence-corrected chi connectivity index (χ3v) is 1.66. The summed E-state index contributed by atoms with van der Waals surface area (Å²) in [6.07, 6.45) is 6.38. The molecule has 2 aromatic heterocycles. The zero-order valence-corrected chi connectivity index (χ0v) is 6.34. The number of carbonyl (C=O) groups is 1. The molecule has 0 unspecified atom stereocenters. The van der Waals surface area contributed by atoms with Gasteiger partial charge in [0.05, 0.1) is 6.20 Å². The Balaban J connectivity index is 2.62. The van der Waals surface area contributed by atoms with Gasteiger partial charge in [0.25, 0.3) is 0 Å². The van der Waals surface area contributed by atoms with Crippen molar-refractivity contribution in [3.05, 3.63) is 30.2 Å². The minimum absolute atomic E-state index is 0.376. The molecular formula is C8H7N3O. The van der Waals surface area contributed by atoms with Crippen molar-refractivity contribution in [3.8, 4) is 0 Å². The first-order valence-electron chi connectivity index (χ1n) is 3.62. The Morgan fingerprint density at radius 1 is 1.58 bits per heavy atom. The lowest BCUT2D eigenvalue weighted by Gasteiger charge is -1.90. The molecule has 0 bridgehead atoms. The van der Waals surface area contributed by atoms with Gasteiger partial charge in [-0.2, -0.15) is 5.10 Å². The van der Waals surface area contributed by atoms with Crippen molar-refractivity contribution in [1.29, 1.82) is 0 Å². The van der Waals surface area contributed by atoms with Crippen molar-refractivity contribution in [3.63, 3.8) is 0 Å². The van der Waals surface area contributed by atoms with Crippen LogP contribution in [0.4, 0.5) is 0 Å². The summed E-state index contributed by atoms with van der Waals surface area (Å²) in [6, 6.07) is 1.80. The Labute approximate surface area is 68.8 Å². The molecule has 0 aromatic carbocycles. The van der Waals surface area contributed by atoms with Gasteiger partial charge in [-0.05, 0) is 6.07 Å². The van der Waals surface area contributed by atoms with Gasteiger partial charge in [0.1, 0.15) is 6.29 Å². The van der Waals surface area contributed by atoms with Crippen LogP contribution in [-0.4, -0.2) is 20.9 Å². The summed E-state index contributed by atoms with van der Waals surface area (Å²) in [5, 5.41) is 4.03. The maximum absolute atomic E-state index is 10.3. The van der Waals surface area contributed by atoms with Crippen molar-refractivity contribution >= 4 is 11.9 Å². The van der Waals surface area contributed by atoms with E-state index in [9.17, 15) is 4.79 Å². The van der Waals surface area contributed by atoms with E-state index in [-0.39, 0.29) is 0 Å². The first kappa shape index (κ1) is 6.97. The average molecular weight is 161 g/mol. The molecule has 0 N–H and O–H groups in total. The van der Waals surface area contributed by atoms with E-state index in [1.54, 1.807) is 29.2 Å². The van der Waals surface area contributed by atoms with Gasteiger partial charge in [-0.1, -0.05) is 0 Å². The van der Waals surface area contributed by atoms with E-state index in [2.05, 4.69) is 10.1 Å². The average Bonchev–Trinajstić information content (AvgIpc) is 2.50. The highest BCUT2D eigenvalue weighted by atomic mass is 16.1. The highest BCUT2D eigenvalue weighted by Gasteiger charge is 2.02. The number of rotatable bonds is 2. The van der Waals surface area contributed by atoms with Gasteiger partial charge in [-0.15, -0.1) is 0 Å². The molecule has 4 nitrogen and oxygen atoms in total. The van der Waals surface area contributed by atoms with Crippen LogP contribution < -0.4 is 0 Å². The summed E-state index contributed by atoms with van der Waals surface area (Å²) in [7, 11) is 0. The molecule has 0 amide bonds. The molecule has 0 atom stereocenters. The molecular weight excluding hydrogens is 154 g/mol. The van der Waals surface area contributed by atoms with Gasteiger partial charge in [0, 0.05) is 24.4 Å². The van der Waals surface area contributed by atoms with Crippen molar-refractivity contribution in [2.24, 2.45) is 0 Å². The van der Waals surface area contributed by atoms with Gasteiger partial charge in [-0.3, -0.25) is 0 Å².